The molecule has 0 atom stereocenters. The fraction of sp³-hybridized carbons (Fsp3) is 0. The number of aromatic nitrogens is 5. The van der Waals surface area contributed by atoms with E-state index in [4.69, 9.17) is 21.8 Å². The third-order valence-electron chi connectivity index (χ3n) is 9.27. The molecule has 7 aromatic carbocycles. The number of hydrogen-bond donors (Lipinski definition) is 0. The van der Waals surface area contributed by atoms with Gasteiger partial charge in [-0.3, -0.25) is 4.57 Å². The van der Waals surface area contributed by atoms with Crippen LogP contribution >= 0.6 is 0 Å². The Labute approximate surface area is 295 Å². The Bertz CT molecular complexity index is 3110. The lowest BCUT2D eigenvalue weighted by Crippen LogP contribution is -2.07. The molecule has 0 aliphatic carbocycles. The number of rotatable bonds is 5. The van der Waals surface area contributed by atoms with Gasteiger partial charge in [0.05, 0.1) is 28.9 Å². The molecular weight excluding hydrogens is 611 g/mol. The molecule has 5 heteroatoms. The molecule has 5 nitrogen and oxygen atoms in total. The van der Waals surface area contributed by atoms with E-state index < -0.39 is 6.04 Å². The van der Waals surface area contributed by atoms with E-state index in [-0.39, 0.29) is 29.7 Å². The molecule has 0 fully saturated rings. The summed E-state index contributed by atoms with van der Waals surface area (Å²) in [6.45, 7) is 0. The summed E-state index contributed by atoms with van der Waals surface area (Å²) in [5, 5.41) is 4.38. The van der Waals surface area contributed by atoms with Crippen molar-refractivity contribution in [1.29, 1.82) is 0 Å². The highest BCUT2D eigenvalue weighted by molar-refractivity contribution is 6.23. The van der Waals surface area contributed by atoms with Gasteiger partial charge in [0.25, 0.3) is 0 Å². The van der Waals surface area contributed by atoms with Crippen molar-refractivity contribution < 1.29 is 6.85 Å². The van der Waals surface area contributed by atoms with E-state index in [1.165, 1.54) is 0 Å². The Balaban J connectivity index is 1.27. The molecule has 3 aromatic heterocycles. The first-order chi connectivity index (χ1) is 26.9. The van der Waals surface area contributed by atoms with E-state index in [2.05, 4.69) is 81.9 Å². The lowest BCUT2D eigenvalue weighted by atomic mass is 10.0. The fourth-order valence-corrected chi connectivity index (χ4v) is 7.04. The maximum Gasteiger partial charge on any atom is 0.238 e. The highest BCUT2D eigenvalue weighted by atomic mass is 15.2. The van der Waals surface area contributed by atoms with E-state index in [0.29, 0.717) is 28.7 Å². The van der Waals surface area contributed by atoms with Gasteiger partial charge in [-0.05, 0) is 35.4 Å². The average molecular weight is 645 g/mol. The predicted octanol–water partition coefficient (Wildman–Crippen LogP) is 11.1. The minimum atomic E-state index is -0.423. The van der Waals surface area contributed by atoms with Crippen molar-refractivity contribution >= 4 is 43.6 Å². The van der Waals surface area contributed by atoms with E-state index in [9.17, 15) is 0 Å². The Morgan fingerprint density at radius 2 is 0.880 bits per heavy atom. The second-order valence-electron chi connectivity index (χ2n) is 12.1. The van der Waals surface area contributed by atoms with Crippen LogP contribution < -0.4 is 0 Å². The van der Waals surface area contributed by atoms with E-state index in [1.807, 2.05) is 60.7 Å². The van der Waals surface area contributed by atoms with Crippen LogP contribution in [0.2, 0.25) is 0 Å². The highest BCUT2D eigenvalue weighted by Crippen LogP contribution is 2.41. The van der Waals surface area contributed by atoms with Gasteiger partial charge in [0.15, 0.2) is 11.6 Å². The van der Waals surface area contributed by atoms with Gasteiger partial charge in [0.2, 0.25) is 5.95 Å². The second kappa shape index (κ2) is 11.4. The molecular formula is C45H29N5. The Morgan fingerprint density at radius 3 is 1.52 bits per heavy atom. The van der Waals surface area contributed by atoms with Crippen LogP contribution in [-0.2, 0) is 0 Å². The lowest BCUT2D eigenvalue weighted by Gasteiger charge is -2.13. The first-order valence-electron chi connectivity index (χ1n) is 18.9. The van der Waals surface area contributed by atoms with Crippen molar-refractivity contribution in [3.63, 3.8) is 0 Å². The molecule has 0 radical (unpaired) electrons. The van der Waals surface area contributed by atoms with Crippen molar-refractivity contribution in [3.05, 3.63) is 176 Å². The summed E-state index contributed by atoms with van der Waals surface area (Å²) in [6, 6.07) is 46.8. The van der Waals surface area contributed by atoms with Crippen LogP contribution in [0.25, 0.3) is 89.2 Å². The predicted molar refractivity (Wildman–Crippen MR) is 205 cm³/mol. The summed E-state index contributed by atoms with van der Waals surface area (Å²) >= 11 is 0. The molecule has 3 heterocycles. The van der Waals surface area contributed by atoms with E-state index >= 15 is 0 Å². The largest absolute Gasteiger partial charge is 0.307 e. The van der Waals surface area contributed by atoms with Crippen LogP contribution in [0.3, 0.4) is 0 Å². The molecule has 0 saturated carbocycles. The SMILES string of the molecule is [2H]c1c([2H])c([2H])c(-c2ccc(-c3nc(-c4ccccc4)nc(-n4c5ccccc5c5ccc6c7ccccc7n(-c7ccccc7)c6c54)n3)cc2)c([2H])c1[2H]. The smallest absolute Gasteiger partial charge is 0.238 e. The summed E-state index contributed by atoms with van der Waals surface area (Å²) in [5.74, 6) is 1.37. The summed E-state index contributed by atoms with van der Waals surface area (Å²) in [7, 11) is 0. The van der Waals surface area contributed by atoms with Gasteiger partial charge >= 0.3 is 0 Å². The molecule has 0 saturated heterocycles. The van der Waals surface area contributed by atoms with Gasteiger partial charge in [-0.15, -0.1) is 0 Å². The minimum Gasteiger partial charge on any atom is -0.307 e. The number of fused-ring (bicyclic) bond motifs is 7. The van der Waals surface area contributed by atoms with Gasteiger partial charge in [0, 0.05) is 38.4 Å². The van der Waals surface area contributed by atoms with Crippen molar-refractivity contribution in [2.24, 2.45) is 0 Å². The number of hydrogen-bond acceptors (Lipinski definition) is 3. The summed E-state index contributed by atoms with van der Waals surface area (Å²) < 4.78 is 45.9. The Morgan fingerprint density at radius 1 is 0.380 bits per heavy atom. The normalized spacial score (nSPS) is 13.0. The maximum absolute atomic E-state index is 8.51. The molecule has 0 unspecified atom stereocenters. The first kappa shape index (κ1) is 23.5. The molecule has 0 aliphatic rings. The van der Waals surface area contributed by atoms with Crippen LogP contribution in [-0.4, -0.2) is 24.1 Å². The maximum atomic E-state index is 8.51. The quantitative estimate of drug-likeness (QED) is 0.187. The van der Waals surface area contributed by atoms with Crippen LogP contribution in [0.4, 0.5) is 0 Å². The molecule has 0 spiro atoms. The zero-order valence-electron chi connectivity index (χ0n) is 31.6. The van der Waals surface area contributed by atoms with Crippen LogP contribution in [0.15, 0.2) is 176 Å². The zero-order valence-corrected chi connectivity index (χ0v) is 26.6. The summed E-state index contributed by atoms with van der Waals surface area (Å²) in [6.07, 6.45) is 0. The third kappa shape index (κ3) is 4.45. The number of nitrogens with zero attached hydrogens (tertiary/aromatic N) is 5. The van der Waals surface area contributed by atoms with Crippen molar-refractivity contribution in [2.45, 2.75) is 0 Å². The molecule has 0 bridgehead atoms. The van der Waals surface area contributed by atoms with Gasteiger partial charge in [-0.2, -0.15) is 9.97 Å². The summed E-state index contributed by atoms with van der Waals surface area (Å²) in [4.78, 5) is 15.3. The second-order valence-corrected chi connectivity index (χ2v) is 12.1. The molecule has 0 amide bonds. The number of benzene rings is 7. The standard InChI is InChI=1S/C45H29N5/c1-4-14-30(15-5-1)31-24-26-33(27-25-31)44-46-43(32-16-6-2-7-17-32)47-45(48-44)50-40-23-13-11-21-36(40)38-29-28-37-35-20-10-12-22-39(35)49(41(37)42(38)50)34-18-8-3-9-19-34/h1-29H/i1D,4D,5D,14D,15D. The molecule has 10 rings (SSSR count). The number of para-hydroxylation sites is 3. The Kier molecular flexibility index (Phi) is 5.35. The van der Waals surface area contributed by atoms with Gasteiger partial charge in [0.1, 0.15) is 0 Å². The van der Waals surface area contributed by atoms with Crippen molar-refractivity contribution in [2.75, 3.05) is 0 Å². The minimum absolute atomic E-state index is 0.141. The molecule has 0 aliphatic heterocycles. The van der Waals surface area contributed by atoms with Crippen molar-refractivity contribution in [3.8, 4) is 45.5 Å². The van der Waals surface area contributed by atoms with Crippen LogP contribution in [0.5, 0.6) is 0 Å². The third-order valence-corrected chi connectivity index (χ3v) is 9.27. The first-order valence-corrected chi connectivity index (χ1v) is 16.4. The molecule has 10 aromatic rings. The Hall–Kier alpha value is -6.85. The molecule has 50 heavy (non-hydrogen) atoms. The van der Waals surface area contributed by atoms with E-state index in [1.54, 1.807) is 12.1 Å². The van der Waals surface area contributed by atoms with Crippen LogP contribution in [0, 0.1) is 0 Å². The van der Waals surface area contributed by atoms with E-state index in [0.717, 1.165) is 54.9 Å². The topological polar surface area (TPSA) is 48.5 Å². The highest BCUT2D eigenvalue weighted by Gasteiger charge is 2.23. The van der Waals surface area contributed by atoms with Crippen LogP contribution in [0.1, 0.15) is 6.85 Å². The zero-order chi connectivity index (χ0) is 37.4. The fourth-order valence-electron chi connectivity index (χ4n) is 7.04. The monoisotopic (exact) mass is 644 g/mol. The molecule has 0 N–H and O–H groups in total. The summed E-state index contributed by atoms with van der Waals surface area (Å²) in [5.41, 5.74) is 7.22. The van der Waals surface area contributed by atoms with Gasteiger partial charge < -0.3 is 4.57 Å². The van der Waals surface area contributed by atoms with Crippen molar-refractivity contribution in [1.82, 2.24) is 24.1 Å². The average Bonchev–Trinajstić information content (AvgIpc) is 3.76. The van der Waals surface area contributed by atoms with Gasteiger partial charge in [-0.25, -0.2) is 4.98 Å². The van der Waals surface area contributed by atoms with Gasteiger partial charge in [-0.1, -0.05) is 152 Å². The molecule has 234 valence electrons. The lowest BCUT2D eigenvalue weighted by molar-refractivity contribution is 0.953.